The number of likely N-dealkylation sites (tertiary alicyclic amines) is 2. The fourth-order valence-corrected chi connectivity index (χ4v) is 4.95. The van der Waals surface area contributed by atoms with Crippen molar-refractivity contribution in [2.24, 2.45) is 5.41 Å². The molecule has 2 saturated heterocycles. The number of pyridine rings is 1. The van der Waals surface area contributed by atoms with Gasteiger partial charge < -0.3 is 9.42 Å². The molecule has 0 aliphatic carbocycles. The van der Waals surface area contributed by atoms with Gasteiger partial charge in [-0.3, -0.25) is 14.7 Å². The van der Waals surface area contributed by atoms with Crippen molar-refractivity contribution in [3.8, 4) is 11.5 Å². The predicted molar refractivity (Wildman–Crippen MR) is 116 cm³/mol. The fraction of sp³-hybridized carbons (Fsp3) is 0.417. The molecule has 0 radical (unpaired) electrons. The highest BCUT2D eigenvalue weighted by atomic mass is 16.5. The lowest BCUT2D eigenvalue weighted by atomic mass is 9.76. The van der Waals surface area contributed by atoms with E-state index in [-0.39, 0.29) is 17.4 Å². The second-order valence-corrected chi connectivity index (χ2v) is 8.94. The van der Waals surface area contributed by atoms with Gasteiger partial charge in [0.1, 0.15) is 0 Å². The summed E-state index contributed by atoms with van der Waals surface area (Å²) in [7, 11) is 2.13. The number of piperidine rings is 1. The van der Waals surface area contributed by atoms with Crippen LogP contribution >= 0.6 is 0 Å². The van der Waals surface area contributed by atoms with Crippen LogP contribution in [-0.4, -0.2) is 57.5 Å². The Morgan fingerprint density at radius 3 is 2.61 bits per heavy atom. The Morgan fingerprint density at radius 1 is 1.13 bits per heavy atom. The van der Waals surface area contributed by atoms with E-state index in [1.54, 1.807) is 6.20 Å². The summed E-state index contributed by atoms with van der Waals surface area (Å²) in [5.41, 5.74) is 2.72. The molecule has 3 aromatic rings. The minimum absolute atomic E-state index is 0.0796. The van der Waals surface area contributed by atoms with Crippen molar-refractivity contribution >= 4 is 5.91 Å². The molecule has 31 heavy (non-hydrogen) atoms. The maximum Gasteiger partial charge on any atom is 0.257 e. The number of hydrogen-bond acceptors (Lipinski definition) is 6. The monoisotopic (exact) mass is 417 g/mol. The van der Waals surface area contributed by atoms with Crippen molar-refractivity contribution in [2.75, 3.05) is 26.7 Å². The number of benzene rings is 1. The zero-order valence-corrected chi connectivity index (χ0v) is 18.0. The van der Waals surface area contributed by atoms with Gasteiger partial charge in [-0.1, -0.05) is 23.4 Å². The summed E-state index contributed by atoms with van der Waals surface area (Å²) in [6.45, 7) is 4.46. The topological polar surface area (TPSA) is 75.4 Å². The molecule has 0 saturated carbocycles. The highest BCUT2D eigenvalue weighted by molar-refractivity contribution is 5.94. The third kappa shape index (κ3) is 3.85. The van der Waals surface area contributed by atoms with E-state index in [0.717, 1.165) is 56.0 Å². The first kappa shape index (κ1) is 19.9. The van der Waals surface area contributed by atoms with Crippen LogP contribution in [0.3, 0.4) is 0 Å². The number of nitrogens with zero attached hydrogens (tertiary/aromatic N) is 5. The van der Waals surface area contributed by atoms with Gasteiger partial charge in [-0.2, -0.15) is 4.98 Å². The first-order valence-corrected chi connectivity index (χ1v) is 10.8. The van der Waals surface area contributed by atoms with Crippen LogP contribution in [0, 0.1) is 12.3 Å². The summed E-state index contributed by atoms with van der Waals surface area (Å²) >= 11 is 0. The van der Waals surface area contributed by atoms with E-state index in [0.29, 0.717) is 11.5 Å². The largest absolute Gasteiger partial charge is 0.339 e. The van der Waals surface area contributed by atoms with E-state index < -0.39 is 0 Å². The van der Waals surface area contributed by atoms with Crippen LogP contribution in [0.1, 0.15) is 47.2 Å². The average Bonchev–Trinajstić information content (AvgIpc) is 3.40. The van der Waals surface area contributed by atoms with Crippen LogP contribution in [0.15, 0.2) is 53.2 Å². The summed E-state index contributed by atoms with van der Waals surface area (Å²) < 4.78 is 5.55. The first-order chi connectivity index (χ1) is 15.0. The normalized spacial score (nSPS) is 21.0. The summed E-state index contributed by atoms with van der Waals surface area (Å²) in [5, 5.41) is 4.29. The van der Waals surface area contributed by atoms with Crippen molar-refractivity contribution in [3.05, 3.63) is 65.7 Å². The Bertz CT molecular complexity index is 1060. The van der Waals surface area contributed by atoms with Gasteiger partial charge in [0.2, 0.25) is 0 Å². The van der Waals surface area contributed by atoms with Gasteiger partial charge >= 0.3 is 0 Å². The number of hydrogen-bond donors (Lipinski definition) is 0. The smallest absolute Gasteiger partial charge is 0.257 e. The number of carbonyl (C=O) groups is 1. The zero-order chi connectivity index (χ0) is 21.4. The predicted octanol–water partition coefficient (Wildman–Crippen LogP) is 3.74. The average molecular weight is 418 g/mol. The lowest BCUT2D eigenvalue weighted by molar-refractivity contribution is 0.0593. The summed E-state index contributed by atoms with van der Waals surface area (Å²) in [6, 6.07) is 13.8. The van der Waals surface area contributed by atoms with E-state index in [1.807, 2.05) is 54.3 Å². The van der Waals surface area contributed by atoms with Crippen LogP contribution in [0.2, 0.25) is 0 Å². The molecule has 4 heterocycles. The highest BCUT2D eigenvalue weighted by Crippen LogP contribution is 2.48. The van der Waals surface area contributed by atoms with Crippen molar-refractivity contribution < 1.29 is 9.32 Å². The summed E-state index contributed by atoms with van der Waals surface area (Å²) in [6.07, 6.45) is 4.65. The Labute approximate surface area is 182 Å². The summed E-state index contributed by atoms with van der Waals surface area (Å²) in [5.74, 6) is 1.40. The zero-order valence-electron chi connectivity index (χ0n) is 18.0. The fourth-order valence-electron chi connectivity index (χ4n) is 4.95. The molecule has 0 N–H and O–H groups in total. The third-order valence-corrected chi connectivity index (χ3v) is 6.77. The Hall–Kier alpha value is -3.06. The first-order valence-electron chi connectivity index (χ1n) is 10.8. The van der Waals surface area contributed by atoms with E-state index in [1.165, 1.54) is 0 Å². The second kappa shape index (κ2) is 7.89. The van der Waals surface area contributed by atoms with Crippen LogP contribution in [0.25, 0.3) is 11.5 Å². The minimum Gasteiger partial charge on any atom is -0.339 e. The molecule has 1 aromatic carbocycles. The van der Waals surface area contributed by atoms with Gasteiger partial charge in [-0.05, 0) is 62.9 Å². The third-order valence-electron chi connectivity index (χ3n) is 6.77. The van der Waals surface area contributed by atoms with Crippen molar-refractivity contribution in [2.45, 2.75) is 32.2 Å². The van der Waals surface area contributed by atoms with E-state index >= 15 is 0 Å². The molecule has 7 nitrogen and oxygen atoms in total. The molecule has 7 heteroatoms. The molecular weight excluding hydrogens is 390 g/mol. The van der Waals surface area contributed by atoms with Crippen molar-refractivity contribution in [1.82, 2.24) is 24.9 Å². The van der Waals surface area contributed by atoms with E-state index in [2.05, 4.69) is 27.1 Å². The number of aromatic nitrogens is 3. The molecule has 1 atom stereocenters. The van der Waals surface area contributed by atoms with Gasteiger partial charge in [-0.25, -0.2) is 0 Å². The van der Waals surface area contributed by atoms with Gasteiger partial charge in [0.05, 0.1) is 11.6 Å². The Morgan fingerprint density at radius 2 is 1.90 bits per heavy atom. The van der Waals surface area contributed by atoms with Gasteiger partial charge in [0.15, 0.2) is 5.82 Å². The number of rotatable bonds is 3. The molecule has 2 aliphatic heterocycles. The Balaban J connectivity index is 1.25. The standard InChI is InChI=1S/C24H27N5O2/c1-17-8-9-19(15-25-17)23(30)29-12-10-24(11-13-29)14-20(28(2)16-24)21-26-22(31-27-21)18-6-4-3-5-7-18/h3-9,15,20H,10-14,16H2,1-2H3. The lowest BCUT2D eigenvalue weighted by Crippen LogP contribution is -2.44. The van der Waals surface area contributed by atoms with Gasteiger partial charge in [0.25, 0.3) is 11.8 Å². The van der Waals surface area contributed by atoms with Crippen LogP contribution in [0.5, 0.6) is 0 Å². The van der Waals surface area contributed by atoms with E-state index in [9.17, 15) is 4.79 Å². The molecule has 2 aromatic heterocycles. The van der Waals surface area contributed by atoms with Crippen LogP contribution in [-0.2, 0) is 0 Å². The van der Waals surface area contributed by atoms with Crippen LogP contribution < -0.4 is 0 Å². The lowest BCUT2D eigenvalue weighted by Gasteiger charge is -2.39. The summed E-state index contributed by atoms with van der Waals surface area (Å²) in [4.78, 5) is 26.1. The molecule has 5 rings (SSSR count). The SMILES string of the molecule is Cc1ccc(C(=O)N2CCC3(CC2)CC(c2noc(-c4ccccc4)n2)N(C)C3)cn1. The Kier molecular flexibility index (Phi) is 5.06. The molecule has 1 unspecified atom stereocenters. The quantitative estimate of drug-likeness (QED) is 0.646. The number of amides is 1. The van der Waals surface area contributed by atoms with Gasteiger partial charge in [0, 0.05) is 37.1 Å². The van der Waals surface area contributed by atoms with Gasteiger partial charge in [-0.15, -0.1) is 0 Å². The molecule has 160 valence electrons. The molecular formula is C24H27N5O2. The molecule has 2 fully saturated rings. The van der Waals surface area contributed by atoms with Crippen molar-refractivity contribution in [1.29, 1.82) is 0 Å². The molecule has 1 amide bonds. The van der Waals surface area contributed by atoms with E-state index in [4.69, 9.17) is 4.52 Å². The second-order valence-electron chi connectivity index (χ2n) is 8.94. The molecule has 2 aliphatic rings. The van der Waals surface area contributed by atoms with Crippen LogP contribution in [0.4, 0.5) is 0 Å². The minimum atomic E-state index is 0.0796. The number of carbonyl (C=O) groups excluding carboxylic acids is 1. The highest BCUT2D eigenvalue weighted by Gasteiger charge is 2.46. The van der Waals surface area contributed by atoms with Crippen molar-refractivity contribution in [3.63, 3.8) is 0 Å². The molecule has 0 bridgehead atoms. The number of aryl methyl sites for hydroxylation is 1. The maximum absolute atomic E-state index is 12.8. The molecule has 1 spiro atoms. The maximum atomic E-state index is 12.8.